The Balaban J connectivity index is 1.83. The molecule has 0 aromatic heterocycles. The van der Waals surface area contributed by atoms with Gasteiger partial charge in [-0.1, -0.05) is 50.8 Å². The van der Waals surface area contributed by atoms with Gasteiger partial charge in [-0.15, -0.1) is 0 Å². The molecule has 0 fully saturated rings. The second kappa shape index (κ2) is 15.3. The maximum Gasteiger partial charge on any atom is 0.253 e. The molecule has 39 heavy (non-hydrogen) atoms. The second-order valence-corrected chi connectivity index (χ2v) is 9.02. The van der Waals surface area contributed by atoms with E-state index >= 15 is 0 Å². The molecule has 208 valence electrons. The fraction of sp³-hybridized carbons (Fsp3) is 0.355. The third-order valence-electron chi connectivity index (χ3n) is 6.24. The minimum atomic E-state index is -0.862. The third-order valence-corrected chi connectivity index (χ3v) is 6.24. The van der Waals surface area contributed by atoms with Gasteiger partial charge in [0.15, 0.2) is 11.5 Å². The van der Waals surface area contributed by atoms with Crippen LogP contribution in [0.4, 0.5) is 0 Å². The van der Waals surface area contributed by atoms with Gasteiger partial charge in [0.2, 0.25) is 0 Å². The van der Waals surface area contributed by atoms with Gasteiger partial charge < -0.3 is 29.6 Å². The number of unbranched alkanes of at least 4 members (excludes halogenated alkanes) is 4. The van der Waals surface area contributed by atoms with E-state index < -0.39 is 6.17 Å². The summed E-state index contributed by atoms with van der Waals surface area (Å²) in [6.45, 7) is 2.77. The van der Waals surface area contributed by atoms with Gasteiger partial charge in [0.05, 0.1) is 27.9 Å². The number of carbonyl (C=O) groups excluding carboxylic acids is 2. The fourth-order valence-electron chi connectivity index (χ4n) is 4.03. The average Bonchev–Trinajstić information content (AvgIpc) is 2.98. The normalized spacial score (nSPS) is 10.6. The molecule has 8 heteroatoms. The van der Waals surface area contributed by atoms with Crippen molar-refractivity contribution in [1.82, 2.24) is 10.6 Å². The molecular formula is C31H38N2O6. The van der Waals surface area contributed by atoms with Crippen molar-refractivity contribution < 1.29 is 28.5 Å². The van der Waals surface area contributed by atoms with Gasteiger partial charge in [-0.3, -0.25) is 9.59 Å². The molecule has 3 rings (SSSR count). The number of benzene rings is 3. The molecule has 8 nitrogen and oxygen atoms in total. The van der Waals surface area contributed by atoms with E-state index in [1.807, 2.05) is 0 Å². The molecule has 0 bridgehead atoms. The van der Waals surface area contributed by atoms with E-state index in [0.717, 1.165) is 12.8 Å². The second-order valence-electron chi connectivity index (χ2n) is 9.02. The van der Waals surface area contributed by atoms with Crippen molar-refractivity contribution in [3.8, 4) is 23.0 Å². The molecule has 0 radical (unpaired) electrons. The first-order chi connectivity index (χ1) is 19.0. The molecular weight excluding hydrogens is 496 g/mol. The fourth-order valence-corrected chi connectivity index (χ4v) is 4.03. The van der Waals surface area contributed by atoms with E-state index in [-0.39, 0.29) is 11.8 Å². The summed E-state index contributed by atoms with van der Waals surface area (Å²) in [7, 11) is 4.64. The smallest absolute Gasteiger partial charge is 0.253 e. The maximum absolute atomic E-state index is 13.2. The van der Waals surface area contributed by atoms with E-state index in [4.69, 9.17) is 18.9 Å². The largest absolute Gasteiger partial charge is 0.497 e. The summed E-state index contributed by atoms with van der Waals surface area (Å²) < 4.78 is 22.1. The van der Waals surface area contributed by atoms with Gasteiger partial charge in [0.25, 0.3) is 11.8 Å². The molecule has 0 heterocycles. The number of rotatable bonds is 15. The quantitative estimate of drug-likeness (QED) is 0.186. The molecule has 2 amide bonds. The summed E-state index contributed by atoms with van der Waals surface area (Å²) in [6.07, 6.45) is 4.82. The van der Waals surface area contributed by atoms with Gasteiger partial charge in [-0.2, -0.15) is 0 Å². The third kappa shape index (κ3) is 8.67. The lowest BCUT2D eigenvalue weighted by Crippen LogP contribution is -2.41. The predicted octanol–water partition coefficient (Wildman–Crippen LogP) is 5.92. The first kappa shape index (κ1) is 29.4. The Labute approximate surface area is 230 Å². The number of hydrogen-bond acceptors (Lipinski definition) is 6. The summed E-state index contributed by atoms with van der Waals surface area (Å²) in [6, 6.07) is 19.0. The molecule has 0 aliphatic rings. The number of carbonyl (C=O) groups is 2. The van der Waals surface area contributed by atoms with Crippen LogP contribution in [0.5, 0.6) is 23.0 Å². The van der Waals surface area contributed by atoms with Crippen LogP contribution in [0.15, 0.2) is 66.7 Å². The summed E-state index contributed by atoms with van der Waals surface area (Å²) >= 11 is 0. The monoisotopic (exact) mass is 534 g/mol. The van der Waals surface area contributed by atoms with Crippen molar-refractivity contribution in [3.63, 3.8) is 0 Å². The topological polar surface area (TPSA) is 95.1 Å². The van der Waals surface area contributed by atoms with E-state index in [0.29, 0.717) is 46.3 Å². The first-order valence-electron chi connectivity index (χ1n) is 13.2. The lowest BCUT2D eigenvalue weighted by molar-refractivity contribution is 0.0883. The van der Waals surface area contributed by atoms with Crippen LogP contribution in [-0.4, -0.2) is 39.8 Å². The summed E-state index contributed by atoms with van der Waals surface area (Å²) in [5.41, 5.74) is 1.41. The zero-order valence-electron chi connectivity index (χ0n) is 23.1. The predicted molar refractivity (Wildman–Crippen MR) is 151 cm³/mol. The lowest BCUT2D eigenvalue weighted by Gasteiger charge is -2.22. The van der Waals surface area contributed by atoms with Crippen LogP contribution in [0.2, 0.25) is 0 Å². The number of amides is 2. The van der Waals surface area contributed by atoms with Crippen LogP contribution in [0.3, 0.4) is 0 Å². The highest BCUT2D eigenvalue weighted by atomic mass is 16.5. The highest BCUT2D eigenvalue weighted by Crippen LogP contribution is 2.30. The molecule has 0 aliphatic heterocycles. The van der Waals surface area contributed by atoms with Crippen LogP contribution in [-0.2, 0) is 0 Å². The van der Waals surface area contributed by atoms with Crippen molar-refractivity contribution in [3.05, 3.63) is 83.4 Å². The maximum atomic E-state index is 13.2. The standard InChI is InChI=1S/C31H38N2O6/c1-5-6-7-8-9-18-39-27-17-16-22(21-28(27)38-4)29(32-30(34)23-12-10-14-25(19-23)36-2)33-31(35)24-13-11-15-26(20-24)37-3/h10-17,19-21,29H,5-9,18H2,1-4H3,(H,32,34)(H,33,35). The van der Waals surface area contributed by atoms with Crippen LogP contribution in [0.25, 0.3) is 0 Å². The number of ether oxygens (including phenoxy) is 4. The van der Waals surface area contributed by atoms with Crippen LogP contribution in [0.1, 0.15) is 71.5 Å². The van der Waals surface area contributed by atoms with Gasteiger partial charge >= 0.3 is 0 Å². The van der Waals surface area contributed by atoms with Crippen molar-refractivity contribution in [2.24, 2.45) is 0 Å². The zero-order valence-corrected chi connectivity index (χ0v) is 23.1. The molecule has 3 aromatic rings. The molecule has 0 spiro atoms. The van der Waals surface area contributed by atoms with Crippen molar-refractivity contribution in [2.75, 3.05) is 27.9 Å². The Morgan fingerprint density at radius 1 is 0.692 bits per heavy atom. The molecule has 2 N–H and O–H groups in total. The lowest BCUT2D eigenvalue weighted by atomic mass is 10.1. The van der Waals surface area contributed by atoms with Gasteiger partial charge in [0, 0.05) is 11.1 Å². The van der Waals surface area contributed by atoms with Crippen LogP contribution in [0, 0.1) is 0 Å². The van der Waals surface area contributed by atoms with Crippen molar-refractivity contribution in [1.29, 1.82) is 0 Å². The Hall–Kier alpha value is -4.20. The Morgan fingerprint density at radius 3 is 1.82 bits per heavy atom. The Morgan fingerprint density at radius 2 is 1.28 bits per heavy atom. The SMILES string of the molecule is CCCCCCCOc1ccc(C(NC(=O)c2cccc(OC)c2)NC(=O)c2cccc(OC)c2)cc1OC. The van der Waals surface area contributed by atoms with Gasteiger partial charge in [0.1, 0.15) is 17.7 Å². The summed E-state index contributed by atoms with van der Waals surface area (Å²) in [4.78, 5) is 26.4. The highest BCUT2D eigenvalue weighted by molar-refractivity contribution is 5.97. The Kier molecular flexibility index (Phi) is 11.5. The summed E-state index contributed by atoms with van der Waals surface area (Å²) in [5.74, 6) is 1.47. The van der Waals surface area contributed by atoms with Gasteiger partial charge in [-0.05, 0) is 60.5 Å². The van der Waals surface area contributed by atoms with Gasteiger partial charge in [-0.25, -0.2) is 0 Å². The van der Waals surface area contributed by atoms with E-state index in [1.54, 1.807) is 73.8 Å². The zero-order chi connectivity index (χ0) is 28.0. The number of nitrogens with one attached hydrogen (secondary N) is 2. The molecule has 0 atom stereocenters. The minimum Gasteiger partial charge on any atom is -0.497 e. The average molecular weight is 535 g/mol. The molecule has 0 unspecified atom stereocenters. The number of methoxy groups -OCH3 is 3. The van der Waals surface area contributed by atoms with E-state index in [2.05, 4.69) is 17.6 Å². The number of hydrogen-bond donors (Lipinski definition) is 2. The van der Waals surface area contributed by atoms with Crippen molar-refractivity contribution >= 4 is 11.8 Å². The van der Waals surface area contributed by atoms with Crippen LogP contribution < -0.4 is 29.6 Å². The van der Waals surface area contributed by atoms with E-state index in [1.165, 1.54) is 33.5 Å². The minimum absolute atomic E-state index is 0.379. The molecule has 0 saturated heterocycles. The van der Waals surface area contributed by atoms with Crippen LogP contribution >= 0.6 is 0 Å². The molecule has 3 aromatic carbocycles. The van der Waals surface area contributed by atoms with E-state index in [9.17, 15) is 9.59 Å². The molecule has 0 aliphatic carbocycles. The van der Waals surface area contributed by atoms with Crippen molar-refractivity contribution in [2.45, 2.75) is 45.2 Å². The summed E-state index contributed by atoms with van der Waals surface area (Å²) in [5, 5.41) is 5.84. The first-order valence-corrected chi connectivity index (χ1v) is 13.2. The Bertz CT molecular complexity index is 1170. The molecule has 0 saturated carbocycles. The highest BCUT2D eigenvalue weighted by Gasteiger charge is 2.21.